The Balaban J connectivity index is 1.52. The Morgan fingerprint density at radius 2 is 1.67 bits per heavy atom. The van der Waals surface area contributed by atoms with Gasteiger partial charge in [0.25, 0.3) is 5.56 Å². The molecule has 4 rings (SSSR count). The first kappa shape index (κ1) is 15.0. The molecule has 1 aliphatic rings. The van der Waals surface area contributed by atoms with Gasteiger partial charge in [-0.2, -0.15) is 0 Å². The molecule has 0 N–H and O–H groups in total. The molecule has 0 radical (unpaired) electrons. The van der Waals surface area contributed by atoms with Crippen molar-refractivity contribution < 1.29 is 0 Å². The first-order valence-corrected chi connectivity index (χ1v) is 8.39. The summed E-state index contributed by atoms with van der Waals surface area (Å²) >= 11 is 0. The lowest BCUT2D eigenvalue weighted by Crippen LogP contribution is -2.21. The fourth-order valence-corrected chi connectivity index (χ4v) is 3.26. The molecule has 0 amide bonds. The normalized spacial score (nSPS) is 15.2. The van der Waals surface area contributed by atoms with Crippen LogP contribution in [0.15, 0.2) is 53.8 Å². The van der Waals surface area contributed by atoms with E-state index < -0.39 is 0 Å². The van der Waals surface area contributed by atoms with Crippen molar-refractivity contribution in [3.05, 3.63) is 70.5 Å². The summed E-state index contributed by atoms with van der Waals surface area (Å²) in [5, 5.41) is 0.561. The first-order chi connectivity index (χ1) is 11.8. The molecule has 3 heterocycles. The van der Waals surface area contributed by atoms with E-state index >= 15 is 0 Å². The third kappa shape index (κ3) is 3.08. The lowest BCUT2D eigenvalue weighted by Gasteiger charge is -2.14. The van der Waals surface area contributed by atoms with Crippen molar-refractivity contribution in [1.29, 1.82) is 0 Å². The summed E-state index contributed by atoms with van der Waals surface area (Å²) in [7, 11) is 0. The monoisotopic (exact) mass is 320 g/mol. The van der Waals surface area contributed by atoms with Crippen molar-refractivity contribution in [2.24, 2.45) is 0 Å². The van der Waals surface area contributed by atoms with E-state index in [2.05, 4.69) is 39.1 Å². The summed E-state index contributed by atoms with van der Waals surface area (Å²) in [5.74, 6) is 0. The number of likely N-dealkylation sites (tertiary alicyclic amines) is 1. The number of pyridine rings is 1. The van der Waals surface area contributed by atoms with E-state index in [-0.39, 0.29) is 5.56 Å². The van der Waals surface area contributed by atoms with Crippen LogP contribution in [-0.4, -0.2) is 32.5 Å². The highest BCUT2D eigenvalue weighted by atomic mass is 16.1. The van der Waals surface area contributed by atoms with Crippen molar-refractivity contribution in [3.63, 3.8) is 0 Å². The molecule has 5 heteroatoms. The van der Waals surface area contributed by atoms with E-state index in [1.54, 1.807) is 29.4 Å². The van der Waals surface area contributed by atoms with Gasteiger partial charge in [-0.1, -0.05) is 24.3 Å². The zero-order valence-electron chi connectivity index (χ0n) is 13.6. The molecule has 1 saturated heterocycles. The van der Waals surface area contributed by atoms with Crippen molar-refractivity contribution in [2.75, 3.05) is 13.1 Å². The van der Waals surface area contributed by atoms with Crippen LogP contribution in [0.5, 0.6) is 0 Å². The number of fused-ring (bicyclic) bond motifs is 1. The van der Waals surface area contributed by atoms with Gasteiger partial charge >= 0.3 is 0 Å². The van der Waals surface area contributed by atoms with E-state index in [0.29, 0.717) is 17.4 Å². The van der Waals surface area contributed by atoms with Crippen molar-refractivity contribution in [2.45, 2.75) is 25.9 Å². The molecule has 0 aliphatic carbocycles. The Labute approximate surface area is 140 Å². The number of benzene rings is 1. The zero-order valence-corrected chi connectivity index (χ0v) is 13.6. The topological polar surface area (TPSA) is 51.0 Å². The number of aromatic nitrogens is 3. The molecular formula is C19H20N4O. The van der Waals surface area contributed by atoms with Crippen LogP contribution >= 0.6 is 0 Å². The highest BCUT2D eigenvalue weighted by molar-refractivity contribution is 5.75. The highest BCUT2D eigenvalue weighted by Crippen LogP contribution is 2.14. The molecule has 0 atom stereocenters. The van der Waals surface area contributed by atoms with Crippen LogP contribution in [0.25, 0.3) is 10.9 Å². The lowest BCUT2D eigenvalue weighted by atomic mass is 10.1. The van der Waals surface area contributed by atoms with Crippen LogP contribution < -0.4 is 5.56 Å². The van der Waals surface area contributed by atoms with E-state index in [0.717, 1.165) is 12.1 Å². The Morgan fingerprint density at radius 3 is 2.42 bits per heavy atom. The van der Waals surface area contributed by atoms with Crippen molar-refractivity contribution >= 4 is 10.9 Å². The van der Waals surface area contributed by atoms with Gasteiger partial charge in [0.1, 0.15) is 0 Å². The molecule has 0 saturated carbocycles. The average Bonchev–Trinajstić information content (AvgIpc) is 3.12. The van der Waals surface area contributed by atoms with E-state index in [1.165, 1.54) is 31.5 Å². The Kier molecular flexibility index (Phi) is 4.09. The van der Waals surface area contributed by atoms with Crippen molar-refractivity contribution in [3.8, 4) is 0 Å². The number of hydrogen-bond acceptors (Lipinski definition) is 4. The molecular weight excluding hydrogens is 300 g/mol. The number of nitrogens with zero attached hydrogens (tertiary/aromatic N) is 4. The second-order valence-electron chi connectivity index (χ2n) is 6.37. The summed E-state index contributed by atoms with van der Waals surface area (Å²) in [5.41, 5.74) is 3.07. The average molecular weight is 320 g/mol. The largest absolute Gasteiger partial charge is 0.299 e. The Bertz CT molecular complexity index is 895. The van der Waals surface area contributed by atoms with Gasteiger partial charge in [-0.15, -0.1) is 0 Å². The number of hydrogen-bond donors (Lipinski definition) is 0. The summed E-state index contributed by atoms with van der Waals surface area (Å²) in [6.45, 7) is 3.95. The van der Waals surface area contributed by atoms with Gasteiger partial charge in [-0.25, -0.2) is 4.98 Å². The van der Waals surface area contributed by atoms with Gasteiger partial charge in [0, 0.05) is 18.9 Å². The minimum atomic E-state index is -0.0470. The molecule has 0 bridgehead atoms. The fourth-order valence-electron chi connectivity index (χ4n) is 3.26. The molecule has 122 valence electrons. The van der Waals surface area contributed by atoms with Crippen LogP contribution in [0.3, 0.4) is 0 Å². The summed E-state index contributed by atoms with van der Waals surface area (Å²) < 4.78 is 1.64. The first-order valence-electron chi connectivity index (χ1n) is 8.39. The van der Waals surface area contributed by atoms with E-state index in [1.807, 2.05) is 0 Å². The predicted molar refractivity (Wildman–Crippen MR) is 93.9 cm³/mol. The maximum Gasteiger partial charge on any atom is 0.263 e. The predicted octanol–water partition coefficient (Wildman–Crippen LogP) is 2.44. The van der Waals surface area contributed by atoms with Gasteiger partial charge in [0.15, 0.2) is 0 Å². The van der Waals surface area contributed by atoms with Gasteiger partial charge in [-0.05, 0) is 43.1 Å². The quantitative estimate of drug-likeness (QED) is 0.741. The lowest BCUT2D eigenvalue weighted by molar-refractivity contribution is 0.331. The number of rotatable bonds is 4. The minimum absolute atomic E-state index is 0.0470. The molecule has 0 spiro atoms. The fraction of sp³-hybridized carbons (Fsp3) is 0.316. The molecule has 1 fully saturated rings. The van der Waals surface area contributed by atoms with E-state index in [9.17, 15) is 4.79 Å². The van der Waals surface area contributed by atoms with Gasteiger partial charge in [0.05, 0.1) is 23.8 Å². The van der Waals surface area contributed by atoms with Gasteiger partial charge < -0.3 is 0 Å². The SMILES string of the molecule is O=c1c2cnccc2ncn1Cc1ccc(CN2CCCC2)cc1. The standard InChI is InChI=1S/C19H20N4O/c24-19-17-11-20-8-7-18(17)21-14-23(19)13-16-5-3-15(4-6-16)12-22-9-1-2-10-22/h3-8,11,14H,1-2,9-10,12-13H2. The second kappa shape index (κ2) is 6.53. The molecule has 1 aliphatic heterocycles. The summed E-state index contributed by atoms with van der Waals surface area (Å²) in [6.07, 6.45) is 7.47. The molecule has 24 heavy (non-hydrogen) atoms. The van der Waals surface area contributed by atoms with E-state index in [4.69, 9.17) is 0 Å². The van der Waals surface area contributed by atoms with Crippen LogP contribution in [-0.2, 0) is 13.1 Å². The smallest absolute Gasteiger partial charge is 0.263 e. The molecule has 2 aromatic heterocycles. The van der Waals surface area contributed by atoms with Gasteiger partial charge in [0.2, 0.25) is 0 Å². The second-order valence-corrected chi connectivity index (χ2v) is 6.37. The van der Waals surface area contributed by atoms with Gasteiger partial charge in [-0.3, -0.25) is 19.2 Å². The van der Waals surface area contributed by atoms with Crippen LogP contribution in [0.2, 0.25) is 0 Å². The summed E-state index contributed by atoms with van der Waals surface area (Å²) in [4.78, 5) is 23.4. The molecule has 3 aromatic rings. The summed E-state index contributed by atoms with van der Waals surface area (Å²) in [6, 6.07) is 10.3. The third-order valence-corrected chi connectivity index (χ3v) is 4.61. The maximum atomic E-state index is 12.5. The van der Waals surface area contributed by atoms with Crippen LogP contribution in [0.4, 0.5) is 0 Å². The zero-order chi connectivity index (χ0) is 16.4. The molecule has 0 unspecified atom stereocenters. The third-order valence-electron chi connectivity index (χ3n) is 4.61. The Morgan fingerprint density at radius 1 is 0.958 bits per heavy atom. The van der Waals surface area contributed by atoms with Crippen molar-refractivity contribution in [1.82, 2.24) is 19.4 Å². The maximum absolute atomic E-state index is 12.5. The van der Waals surface area contributed by atoms with Crippen LogP contribution in [0.1, 0.15) is 24.0 Å². The molecule has 5 nitrogen and oxygen atoms in total. The van der Waals surface area contributed by atoms with Crippen LogP contribution in [0, 0.1) is 0 Å². The Hall–Kier alpha value is -2.53. The highest BCUT2D eigenvalue weighted by Gasteiger charge is 2.11. The molecule has 1 aromatic carbocycles. The minimum Gasteiger partial charge on any atom is -0.299 e.